The molecule has 2 aromatic carbocycles. The Balaban J connectivity index is 1.90. The molecule has 2 heterocycles. The number of hydrogen-bond donors (Lipinski definition) is 1. The lowest BCUT2D eigenvalue weighted by molar-refractivity contribution is -0.117. The Bertz CT molecular complexity index is 954. The highest BCUT2D eigenvalue weighted by Gasteiger charge is 2.34. The Morgan fingerprint density at radius 3 is 2.65 bits per heavy atom. The summed E-state index contributed by atoms with van der Waals surface area (Å²) < 4.78 is 5.27. The van der Waals surface area contributed by atoms with Gasteiger partial charge in [0.1, 0.15) is 6.54 Å². The average molecular weight is 367 g/mol. The third kappa shape index (κ3) is 2.97. The maximum atomic E-state index is 13.1. The molecule has 6 heteroatoms. The molecule has 4 rings (SSSR count). The van der Waals surface area contributed by atoms with Crippen LogP contribution >= 0.6 is 11.6 Å². The lowest BCUT2D eigenvalue weighted by Crippen LogP contribution is -2.38. The molecule has 0 spiro atoms. The number of carbonyl (C=O) groups excluding carboxylic acids is 2. The number of nitrogens with zero attached hydrogens (tertiary/aromatic N) is 1. The standard InChI is InChI=1S/C20H15ClN2O3/c21-14-8-9-16-15(11-14)19(13-5-2-1-3-6-13)23(12-18(24)22-16)20(25)17-7-4-10-26-17/h1-11,19H,12H2,(H,22,24)/t19-/m1/s1. The van der Waals surface area contributed by atoms with Gasteiger partial charge in [0.05, 0.1) is 12.3 Å². The normalized spacial score (nSPS) is 16.6. The zero-order chi connectivity index (χ0) is 18.1. The molecule has 5 nitrogen and oxygen atoms in total. The van der Waals surface area contributed by atoms with Crippen LogP contribution in [0.5, 0.6) is 0 Å². The van der Waals surface area contributed by atoms with Crippen molar-refractivity contribution in [3.63, 3.8) is 0 Å². The van der Waals surface area contributed by atoms with Gasteiger partial charge in [0, 0.05) is 16.3 Å². The monoisotopic (exact) mass is 366 g/mol. The molecule has 0 saturated heterocycles. The minimum atomic E-state index is -0.471. The van der Waals surface area contributed by atoms with Gasteiger partial charge in [0.15, 0.2) is 5.76 Å². The van der Waals surface area contributed by atoms with E-state index in [4.69, 9.17) is 16.0 Å². The van der Waals surface area contributed by atoms with Crippen LogP contribution in [0.3, 0.4) is 0 Å². The first-order valence-electron chi connectivity index (χ1n) is 8.12. The van der Waals surface area contributed by atoms with E-state index in [1.807, 2.05) is 30.3 Å². The summed E-state index contributed by atoms with van der Waals surface area (Å²) in [4.78, 5) is 27.0. The van der Waals surface area contributed by atoms with E-state index in [9.17, 15) is 9.59 Å². The van der Waals surface area contributed by atoms with Gasteiger partial charge in [-0.05, 0) is 35.9 Å². The molecule has 130 valence electrons. The van der Waals surface area contributed by atoms with Crippen LogP contribution < -0.4 is 5.32 Å². The summed E-state index contributed by atoms with van der Waals surface area (Å²) in [6, 6.07) is 17.6. The van der Waals surface area contributed by atoms with Gasteiger partial charge in [-0.3, -0.25) is 9.59 Å². The van der Waals surface area contributed by atoms with Crippen LogP contribution in [0.25, 0.3) is 0 Å². The molecule has 26 heavy (non-hydrogen) atoms. The lowest BCUT2D eigenvalue weighted by atomic mass is 9.95. The van der Waals surface area contributed by atoms with E-state index in [0.29, 0.717) is 10.7 Å². The van der Waals surface area contributed by atoms with E-state index < -0.39 is 6.04 Å². The number of hydrogen-bond acceptors (Lipinski definition) is 3. The van der Waals surface area contributed by atoms with Crippen molar-refractivity contribution in [2.24, 2.45) is 0 Å². The smallest absolute Gasteiger partial charge is 0.290 e. The molecule has 0 saturated carbocycles. The fraction of sp³-hybridized carbons (Fsp3) is 0.100. The van der Waals surface area contributed by atoms with Crippen LogP contribution in [0.15, 0.2) is 71.3 Å². The minimum Gasteiger partial charge on any atom is -0.459 e. The molecular weight excluding hydrogens is 352 g/mol. The van der Waals surface area contributed by atoms with Gasteiger partial charge in [0.2, 0.25) is 5.91 Å². The zero-order valence-electron chi connectivity index (χ0n) is 13.7. The van der Waals surface area contributed by atoms with Crippen molar-refractivity contribution in [2.45, 2.75) is 6.04 Å². The highest BCUT2D eigenvalue weighted by Crippen LogP contribution is 2.37. The van der Waals surface area contributed by atoms with E-state index in [2.05, 4.69) is 5.32 Å². The van der Waals surface area contributed by atoms with Crippen molar-refractivity contribution < 1.29 is 14.0 Å². The highest BCUT2D eigenvalue weighted by molar-refractivity contribution is 6.30. The molecule has 1 N–H and O–H groups in total. The number of carbonyl (C=O) groups is 2. The second-order valence-electron chi connectivity index (χ2n) is 6.00. The largest absolute Gasteiger partial charge is 0.459 e. The Morgan fingerprint density at radius 2 is 1.92 bits per heavy atom. The number of anilines is 1. The Kier molecular flexibility index (Phi) is 4.22. The summed E-state index contributed by atoms with van der Waals surface area (Å²) in [6.07, 6.45) is 1.44. The second-order valence-corrected chi connectivity index (χ2v) is 6.44. The van der Waals surface area contributed by atoms with Crippen molar-refractivity contribution in [3.05, 3.63) is 88.8 Å². The van der Waals surface area contributed by atoms with Crippen molar-refractivity contribution in [3.8, 4) is 0 Å². The fourth-order valence-corrected chi connectivity index (χ4v) is 3.38. The Morgan fingerprint density at radius 1 is 1.12 bits per heavy atom. The van der Waals surface area contributed by atoms with Crippen LogP contribution in [0.2, 0.25) is 5.02 Å². The minimum absolute atomic E-state index is 0.0919. The summed E-state index contributed by atoms with van der Waals surface area (Å²) in [5.41, 5.74) is 2.28. The van der Waals surface area contributed by atoms with Crippen LogP contribution in [0, 0.1) is 0 Å². The maximum Gasteiger partial charge on any atom is 0.290 e. The van der Waals surface area contributed by atoms with E-state index in [1.165, 1.54) is 11.2 Å². The first kappa shape index (κ1) is 16.4. The molecular formula is C20H15ClN2O3. The van der Waals surface area contributed by atoms with Crippen molar-refractivity contribution in [1.29, 1.82) is 0 Å². The number of amides is 2. The Labute approximate surface area is 155 Å². The average Bonchev–Trinajstić information content (AvgIpc) is 3.13. The van der Waals surface area contributed by atoms with E-state index >= 15 is 0 Å². The van der Waals surface area contributed by atoms with Crippen molar-refractivity contribution in [2.75, 3.05) is 11.9 Å². The summed E-state index contributed by atoms with van der Waals surface area (Å²) in [7, 11) is 0. The van der Waals surface area contributed by atoms with Crippen LogP contribution in [-0.2, 0) is 4.79 Å². The van der Waals surface area contributed by atoms with Crippen LogP contribution in [0.4, 0.5) is 5.69 Å². The van der Waals surface area contributed by atoms with Crippen LogP contribution in [0.1, 0.15) is 27.7 Å². The van der Waals surface area contributed by atoms with Gasteiger partial charge in [-0.15, -0.1) is 0 Å². The molecule has 0 fully saturated rings. The fourth-order valence-electron chi connectivity index (χ4n) is 3.20. The van der Waals surface area contributed by atoms with Crippen molar-refractivity contribution in [1.82, 2.24) is 4.90 Å². The summed E-state index contributed by atoms with van der Waals surface area (Å²) >= 11 is 6.21. The van der Waals surface area contributed by atoms with Crippen molar-refractivity contribution >= 4 is 29.1 Å². The van der Waals surface area contributed by atoms with Gasteiger partial charge in [0.25, 0.3) is 5.91 Å². The van der Waals surface area contributed by atoms with Gasteiger partial charge in [-0.1, -0.05) is 41.9 Å². The molecule has 0 aliphatic carbocycles. The van der Waals surface area contributed by atoms with E-state index in [0.717, 1.165) is 11.1 Å². The first-order valence-corrected chi connectivity index (χ1v) is 8.50. The van der Waals surface area contributed by atoms with E-state index in [-0.39, 0.29) is 24.1 Å². The summed E-state index contributed by atoms with van der Waals surface area (Å²) in [5, 5.41) is 3.39. The third-order valence-electron chi connectivity index (χ3n) is 4.32. The zero-order valence-corrected chi connectivity index (χ0v) is 14.4. The number of benzene rings is 2. The molecule has 1 aliphatic heterocycles. The number of fused-ring (bicyclic) bond motifs is 1. The lowest BCUT2D eigenvalue weighted by Gasteiger charge is -2.30. The third-order valence-corrected chi connectivity index (χ3v) is 4.55. The topological polar surface area (TPSA) is 62.6 Å². The molecule has 2 amide bonds. The molecule has 1 aliphatic rings. The maximum absolute atomic E-state index is 13.1. The molecule has 0 bridgehead atoms. The van der Waals surface area contributed by atoms with Gasteiger partial charge in [-0.25, -0.2) is 0 Å². The highest BCUT2D eigenvalue weighted by atomic mass is 35.5. The van der Waals surface area contributed by atoms with Gasteiger partial charge >= 0.3 is 0 Å². The molecule has 0 radical (unpaired) electrons. The molecule has 3 aromatic rings. The quantitative estimate of drug-likeness (QED) is 0.742. The van der Waals surface area contributed by atoms with Crippen LogP contribution in [-0.4, -0.2) is 23.3 Å². The summed E-state index contributed by atoms with van der Waals surface area (Å²) in [6.45, 7) is -0.0919. The Hall–Kier alpha value is -3.05. The van der Waals surface area contributed by atoms with Gasteiger partial charge < -0.3 is 14.6 Å². The number of nitrogens with one attached hydrogen (secondary N) is 1. The summed E-state index contributed by atoms with van der Waals surface area (Å²) in [5.74, 6) is -0.442. The predicted molar refractivity (Wildman–Crippen MR) is 98.1 cm³/mol. The molecule has 0 unspecified atom stereocenters. The second kappa shape index (κ2) is 6.69. The van der Waals surface area contributed by atoms with Gasteiger partial charge in [-0.2, -0.15) is 0 Å². The molecule has 1 aromatic heterocycles. The number of rotatable bonds is 2. The van der Waals surface area contributed by atoms with E-state index in [1.54, 1.807) is 30.3 Å². The number of furan rings is 1. The SMILES string of the molecule is O=C1CN(C(=O)c2ccco2)[C@H](c2ccccc2)c2cc(Cl)ccc2N1. The first-order chi connectivity index (χ1) is 12.6. The molecule has 1 atom stereocenters. The number of halogens is 1. The predicted octanol–water partition coefficient (Wildman–Crippen LogP) is 4.12.